The van der Waals surface area contributed by atoms with Crippen molar-refractivity contribution in [1.82, 2.24) is 4.31 Å². The van der Waals surface area contributed by atoms with E-state index >= 15 is 0 Å². The molecular weight excluding hydrogens is 333 g/mol. The monoisotopic (exact) mass is 351 g/mol. The highest BCUT2D eigenvalue weighted by Crippen LogP contribution is 2.30. The lowest BCUT2D eigenvalue weighted by Crippen LogP contribution is -2.47. The van der Waals surface area contributed by atoms with Gasteiger partial charge in [-0.1, -0.05) is 6.92 Å². The molecule has 1 saturated heterocycles. The predicted molar refractivity (Wildman–Crippen MR) is 86.0 cm³/mol. The summed E-state index contributed by atoms with van der Waals surface area (Å²) in [5.41, 5.74) is 0.529. The van der Waals surface area contributed by atoms with E-state index in [0.29, 0.717) is 12.1 Å². The number of hydrogen-bond acceptors (Lipinski definition) is 3. The highest BCUT2D eigenvalue weighted by atomic mass is 35.5. The number of alkyl halides is 1. The zero-order valence-corrected chi connectivity index (χ0v) is 14.7. The van der Waals surface area contributed by atoms with E-state index in [-0.39, 0.29) is 27.6 Å². The molecule has 3 nitrogen and oxygen atoms in total. The van der Waals surface area contributed by atoms with Crippen LogP contribution in [0.5, 0.6) is 0 Å². The Morgan fingerprint density at radius 1 is 1.43 bits per heavy atom. The molecule has 2 atom stereocenters. The smallest absolute Gasteiger partial charge is 0.207 e. The summed E-state index contributed by atoms with van der Waals surface area (Å²) in [4.78, 5) is 0.128. The van der Waals surface area contributed by atoms with Gasteiger partial charge in [0.05, 0.1) is 10.8 Å². The molecule has 1 fully saturated rings. The number of aryl methyl sites for hydroxylation is 1. The fourth-order valence-corrected chi connectivity index (χ4v) is 5.76. The number of halogens is 2. The van der Waals surface area contributed by atoms with Gasteiger partial charge in [-0.15, -0.1) is 11.6 Å². The lowest BCUT2D eigenvalue weighted by Gasteiger charge is -2.36. The topological polar surface area (TPSA) is 37.4 Å². The van der Waals surface area contributed by atoms with Gasteiger partial charge in [0.15, 0.2) is 0 Å². The van der Waals surface area contributed by atoms with Crippen LogP contribution in [-0.4, -0.2) is 36.3 Å². The molecule has 0 bridgehead atoms. The van der Waals surface area contributed by atoms with Crippen LogP contribution < -0.4 is 0 Å². The molecule has 2 rings (SSSR count). The maximum absolute atomic E-state index is 13.9. The molecule has 0 aromatic heterocycles. The molecule has 1 aromatic carbocycles. The first kappa shape index (κ1) is 17.1. The summed E-state index contributed by atoms with van der Waals surface area (Å²) in [6.07, 6.45) is 0. The Morgan fingerprint density at radius 2 is 2.10 bits per heavy atom. The van der Waals surface area contributed by atoms with Crippen molar-refractivity contribution in [2.45, 2.75) is 42.8 Å². The van der Waals surface area contributed by atoms with E-state index in [0.717, 1.165) is 5.75 Å². The lowest BCUT2D eigenvalue weighted by atomic mass is 10.1. The number of sulfonamides is 1. The van der Waals surface area contributed by atoms with Crippen LogP contribution in [0.1, 0.15) is 25.0 Å². The van der Waals surface area contributed by atoms with E-state index in [1.165, 1.54) is 16.4 Å². The van der Waals surface area contributed by atoms with Crippen LogP contribution in [0.4, 0.5) is 4.39 Å². The molecule has 0 amide bonds. The average Bonchev–Trinajstić information content (AvgIpc) is 2.44. The predicted octanol–water partition coefficient (Wildman–Crippen LogP) is 3.39. The molecule has 7 heteroatoms. The molecule has 0 saturated carbocycles. The lowest BCUT2D eigenvalue weighted by molar-refractivity contribution is 0.340. The van der Waals surface area contributed by atoms with Crippen LogP contribution in [0, 0.1) is 12.7 Å². The van der Waals surface area contributed by atoms with Crippen molar-refractivity contribution in [2.75, 3.05) is 12.3 Å². The second-order valence-corrected chi connectivity index (χ2v) is 8.92. The summed E-state index contributed by atoms with van der Waals surface area (Å²) < 4.78 is 41.0. The maximum Gasteiger partial charge on any atom is 0.243 e. The second-order valence-electron chi connectivity index (χ2n) is 5.28. The van der Waals surface area contributed by atoms with Crippen LogP contribution in [0.25, 0.3) is 0 Å². The normalized spacial score (nSPS) is 24.2. The second kappa shape index (κ2) is 6.44. The number of hydrogen-bond donors (Lipinski definition) is 0. The molecule has 0 radical (unpaired) electrons. The largest absolute Gasteiger partial charge is 0.243 e. The average molecular weight is 352 g/mol. The van der Waals surface area contributed by atoms with E-state index < -0.39 is 15.8 Å². The number of benzene rings is 1. The SMILES string of the molecule is Cc1cc(S(=O)(=O)N2CCSC(C)C2C)cc(CCl)c1F. The Hall–Kier alpha value is -0.300. The van der Waals surface area contributed by atoms with Crippen molar-refractivity contribution in [1.29, 1.82) is 0 Å². The summed E-state index contributed by atoms with van der Waals surface area (Å²) in [6, 6.07) is 2.66. The summed E-state index contributed by atoms with van der Waals surface area (Å²) in [5.74, 6) is 0.296. The minimum absolute atomic E-state index is 0.0438. The van der Waals surface area contributed by atoms with Gasteiger partial charge in [0.1, 0.15) is 5.82 Å². The van der Waals surface area contributed by atoms with E-state index in [4.69, 9.17) is 11.6 Å². The Balaban J connectivity index is 2.46. The van der Waals surface area contributed by atoms with E-state index in [1.54, 1.807) is 18.7 Å². The van der Waals surface area contributed by atoms with Gasteiger partial charge in [0.25, 0.3) is 0 Å². The fraction of sp³-hybridized carbons (Fsp3) is 0.571. The summed E-state index contributed by atoms with van der Waals surface area (Å²) in [5, 5.41) is 0.238. The van der Waals surface area contributed by atoms with Crippen LogP contribution in [-0.2, 0) is 15.9 Å². The Bertz CT molecular complexity index is 636. The zero-order chi connectivity index (χ0) is 15.8. The van der Waals surface area contributed by atoms with Crippen molar-refractivity contribution in [2.24, 2.45) is 0 Å². The maximum atomic E-state index is 13.9. The van der Waals surface area contributed by atoms with E-state index in [2.05, 4.69) is 0 Å². The summed E-state index contributed by atoms with van der Waals surface area (Å²) in [7, 11) is -3.62. The van der Waals surface area contributed by atoms with Crippen LogP contribution in [0.2, 0.25) is 0 Å². The molecule has 1 heterocycles. The van der Waals surface area contributed by atoms with Crippen LogP contribution in [0.3, 0.4) is 0 Å². The Kier molecular flexibility index (Phi) is 5.23. The third kappa shape index (κ3) is 3.23. The van der Waals surface area contributed by atoms with Gasteiger partial charge in [-0.25, -0.2) is 12.8 Å². The molecule has 1 aliphatic heterocycles. The first-order valence-electron chi connectivity index (χ1n) is 6.77. The minimum atomic E-state index is -3.62. The Labute approximate surface area is 134 Å². The third-order valence-electron chi connectivity index (χ3n) is 3.88. The van der Waals surface area contributed by atoms with E-state index in [1.807, 2.05) is 13.8 Å². The molecular formula is C14H19ClFNO2S2. The van der Waals surface area contributed by atoms with Gasteiger partial charge < -0.3 is 0 Å². The Morgan fingerprint density at radius 3 is 2.71 bits per heavy atom. The highest BCUT2D eigenvalue weighted by Gasteiger charge is 2.35. The van der Waals surface area contributed by atoms with Crippen molar-refractivity contribution >= 4 is 33.4 Å². The molecule has 118 valence electrons. The van der Waals surface area contributed by atoms with Crippen molar-refractivity contribution in [3.05, 3.63) is 29.1 Å². The molecule has 0 spiro atoms. The standard InChI is InChI=1S/C14H19ClFNO2S2/c1-9-6-13(7-12(8-15)14(9)16)21(18,19)17-4-5-20-11(3)10(17)2/h6-7,10-11H,4-5,8H2,1-3H3. The van der Waals surface area contributed by atoms with Crippen molar-refractivity contribution < 1.29 is 12.8 Å². The number of nitrogens with zero attached hydrogens (tertiary/aromatic N) is 1. The van der Waals surface area contributed by atoms with Crippen LogP contribution in [0.15, 0.2) is 17.0 Å². The van der Waals surface area contributed by atoms with Crippen LogP contribution >= 0.6 is 23.4 Å². The molecule has 2 unspecified atom stereocenters. The number of rotatable bonds is 3. The van der Waals surface area contributed by atoms with Crippen molar-refractivity contribution in [3.63, 3.8) is 0 Å². The minimum Gasteiger partial charge on any atom is -0.207 e. The number of thioether (sulfide) groups is 1. The first-order valence-corrected chi connectivity index (χ1v) is 9.79. The third-order valence-corrected chi connectivity index (χ3v) is 7.47. The molecule has 0 aliphatic carbocycles. The van der Waals surface area contributed by atoms with Crippen molar-refractivity contribution in [3.8, 4) is 0 Å². The zero-order valence-electron chi connectivity index (χ0n) is 12.3. The quantitative estimate of drug-likeness (QED) is 0.783. The van der Waals surface area contributed by atoms with Gasteiger partial charge in [-0.3, -0.25) is 0 Å². The molecule has 1 aliphatic rings. The molecule has 0 N–H and O–H groups in total. The summed E-state index contributed by atoms with van der Waals surface area (Å²) >= 11 is 7.48. The highest BCUT2D eigenvalue weighted by molar-refractivity contribution is 8.00. The van der Waals surface area contributed by atoms with Gasteiger partial charge >= 0.3 is 0 Å². The van der Waals surface area contributed by atoms with Gasteiger partial charge in [-0.05, 0) is 31.5 Å². The summed E-state index contributed by atoms with van der Waals surface area (Å²) in [6.45, 7) is 5.97. The van der Waals surface area contributed by atoms with Gasteiger partial charge in [0.2, 0.25) is 10.0 Å². The van der Waals surface area contributed by atoms with E-state index in [9.17, 15) is 12.8 Å². The van der Waals surface area contributed by atoms with Gasteiger partial charge in [0, 0.05) is 29.2 Å². The van der Waals surface area contributed by atoms with Gasteiger partial charge in [-0.2, -0.15) is 16.1 Å². The fourth-order valence-electron chi connectivity index (χ4n) is 2.43. The first-order chi connectivity index (χ1) is 9.78. The molecule has 1 aromatic rings. The molecule has 21 heavy (non-hydrogen) atoms.